The first kappa shape index (κ1) is 14.7. The number of esters is 2. The molecule has 0 aromatic carbocycles. The van der Waals surface area contributed by atoms with E-state index in [2.05, 4.69) is 0 Å². The summed E-state index contributed by atoms with van der Waals surface area (Å²) < 4.78 is 10.3. The predicted octanol–water partition coefficient (Wildman–Crippen LogP) is 3.37. The monoisotopic (exact) mass is 270 g/mol. The van der Waals surface area contributed by atoms with Gasteiger partial charge in [0.25, 0.3) is 0 Å². The van der Waals surface area contributed by atoms with E-state index in [-0.39, 0.29) is 5.97 Å². The van der Waals surface area contributed by atoms with Crippen molar-refractivity contribution in [2.75, 3.05) is 0 Å². The van der Waals surface area contributed by atoms with E-state index in [4.69, 9.17) is 9.47 Å². The Morgan fingerprint density at radius 3 is 2.61 bits per heavy atom. The van der Waals surface area contributed by atoms with Crippen LogP contribution in [0.3, 0.4) is 0 Å². The van der Waals surface area contributed by atoms with Gasteiger partial charge in [-0.15, -0.1) is 11.3 Å². The van der Waals surface area contributed by atoms with Gasteiger partial charge in [0, 0.05) is 12.8 Å². The van der Waals surface area contributed by atoms with Gasteiger partial charge < -0.3 is 9.47 Å². The molecule has 18 heavy (non-hydrogen) atoms. The van der Waals surface area contributed by atoms with Crippen molar-refractivity contribution in [2.45, 2.75) is 45.8 Å². The second-order valence-electron chi connectivity index (χ2n) is 3.84. The zero-order chi connectivity index (χ0) is 13.4. The van der Waals surface area contributed by atoms with Crippen molar-refractivity contribution in [3.8, 4) is 0 Å². The van der Waals surface area contributed by atoms with E-state index in [1.54, 1.807) is 17.5 Å². The Kier molecular flexibility index (Phi) is 6.43. The molecule has 0 radical (unpaired) electrons. The molecule has 100 valence electrons. The Balaban J connectivity index is 2.51. The van der Waals surface area contributed by atoms with Crippen molar-refractivity contribution in [3.05, 3.63) is 22.4 Å². The molecular weight excluding hydrogens is 252 g/mol. The molecule has 1 rings (SSSR count). The number of ether oxygens (including phenoxy) is 2. The van der Waals surface area contributed by atoms with E-state index in [1.165, 1.54) is 11.3 Å². The summed E-state index contributed by atoms with van der Waals surface area (Å²) in [6.45, 7) is 3.84. The molecule has 4 nitrogen and oxygen atoms in total. The lowest BCUT2D eigenvalue weighted by Crippen LogP contribution is -2.24. The molecule has 0 N–H and O–H groups in total. The summed E-state index contributed by atoms with van der Waals surface area (Å²) >= 11 is 1.31. The summed E-state index contributed by atoms with van der Waals surface area (Å²) in [4.78, 5) is 23.6. The second kappa shape index (κ2) is 7.87. The average Bonchev–Trinajstić information content (AvgIpc) is 2.82. The minimum absolute atomic E-state index is 0.324. The van der Waals surface area contributed by atoms with Crippen molar-refractivity contribution < 1.29 is 19.1 Å². The first-order chi connectivity index (χ1) is 8.67. The van der Waals surface area contributed by atoms with Crippen LogP contribution >= 0.6 is 11.3 Å². The van der Waals surface area contributed by atoms with Gasteiger partial charge in [-0.3, -0.25) is 4.79 Å². The van der Waals surface area contributed by atoms with Crippen LogP contribution in [0, 0.1) is 0 Å². The van der Waals surface area contributed by atoms with Crippen molar-refractivity contribution in [1.29, 1.82) is 0 Å². The maximum Gasteiger partial charge on any atom is 0.351 e. The topological polar surface area (TPSA) is 52.6 Å². The van der Waals surface area contributed by atoms with E-state index in [9.17, 15) is 9.59 Å². The Morgan fingerprint density at radius 2 is 2.06 bits per heavy atom. The smallest absolute Gasteiger partial charge is 0.351 e. The summed E-state index contributed by atoms with van der Waals surface area (Å²) in [7, 11) is 0. The molecule has 1 unspecified atom stereocenters. The minimum Gasteiger partial charge on any atom is -0.425 e. The fourth-order valence-electron chi connectivity index (χ4n) is 1.36. The van der Waals surface area contributed by atoms with Gasteiger partial charge in [-0.25, -0.2) is 4.79 Å². The maximum atomic E-state index is 11.7. The van der Waals surface area contributed by atoms with Crippen LogP contribution in [0.2, 0.25) is 0 Å². The van der Waals surface area contributed by atoms with Gasteiger partial charge in [0.05, 0.1) is 0 Å². The summed E-state index contributed by atoms with van der Waals surface area (Å²) in [6, 6.07) is 3.46. The highest BCUT2D eigenvalue weighted by molar-refractivity contribution is 7.11. The number of hydrogen-bond acceptors (Lipinski definition) is 5. The number of carbonyl (C=O) groups is 2. The van der Waals surface area contributed by atoms with E-state index >= 15 is 0 Å². The second-order valence-corrected chi connectivity index (χ2v) is 4.79. The fraction of sp³-hybridized carbons (Fsp3) is 0.538. The summed E-state index contributed by atoms with van der Waals surface area (Å²) in [5, 5.41) is 1.80. The minimum atomic E-state index is -0.774. The number of rotatable bonds is 7. The fourth-order valence-corrected chi connectivity index (χ4v) is 1.96. The molecule has 0 fully saturated rings. The van der Waals surface area contributed by atoms with Crippen molar-refractivity contribution in [1.82, 2.24) is 0 Å². The van der Waals surface area contributed by atoms with Gasteiger partial charge in [-0.2, -0.15) is 0 Å². The van der Waals surface area contributed by atoms with Crippen molar-refractivity contribution >= 4 is 23.3 Å². The molecule has 0 bridgehead atoms. The van der Waals surface area contributed by atoms with Gasteiger partial charge in [-0.1, -0.05) is 19.9 Å². The largest absolute Gasteiger partial charge is 0.425 e. The molecule has 1 atom stereocenters. The zero-order valence-corrected chi connectivity index (χ0v) is 11.5. The van der Waals surface area contributed by atoms with Crippen LogP contribution in [-0.2, 0) is 14.3 Å². The Bertz CT molecular complexity index is 372. The first-order valence-corrected chi connectivity index (χ1v) is 6.99. The van der Waals surface area contributed by atoms with Gasteiger partial charge in [0.15, 0.2) is 0 Å². The van der Waals surface area contributed by atoms with Gasteiger partial charge >= 0.3 is 11.9 Å². The zero-order valence-electron chi connectivity index (χ0n) is 10.7. The normalized spacial score (nSPS) is 11.9. The number of carbonyl (C=O) groups excluding carboxylic acids is 2. The van der Waals surface area contributed by atoms with E-state index in [0.29, 0.717) is 17.7 Å². The van der Waals surface area contributed by atoms with Crippen molar-refractivity contribution in [3.63, 3.8) is 0 Å². The molecule has 0 aliphatic rings. The van der Waals surface area contributed by atoms with E-state index < -0.39 is 12.3 Å². The SMILES string of the molecule is CCCC(=O)OC(CCC)OC(=O)c1cccs1. The highest BCUT2D eigenvalue weighted by Crippen LogP contribution is 2.14. The third-order valence-electron chi connectivity index (χ3n) is 2.20. The summed E-state index contributed by atoms with van der Waals surface area (Å²) in [6.07, 6.45) is 1.59. The molecule has 1 aromatic rings. The molecule has 0 saturated heterocycles. The van der Waals surface area contributed by atoms with Crippen LogP contribution in [0.15, 0.2) is 17.5 Å². The third kappa shape index (κ3) is 4.87. The molecule has 0 aliphatic carbocycles. The average molecular weight is 270 g/mol. The maximum absolute atomic E-state index is 11.7. The summed E-state index contributed by atoms with van der Waals surface area (Å²) in [5.41, 5.74) is 0. The van der Waals surface area contributed by atoms with Gasteiger partial charge in [0.2, 0.25) is 6.29 Å². The number of hydrogen-bond donors (Lipinski definition) is 0. The van der Waals surface area contributed by atoms with Crippen molar-refractivity contribution in [2.24, 2.45) is 0 Å². The lowest BCUT2D eigenvalue weighted by Gasteiger charge is -2.17. The van der Waals surface area contributed by atoms with Crippen LogP contribution in [0.25, 0.3) is 0 Å². The standard InChI is InChI=1S/C13H18O4S/c1-3-6-11(14)16-12(7-4-2)17-13(15)10-8-5-9-18-10/h5,8-9,12H,3-4,6-7H2,1-2H3. The third-order valence-corrected chi connectivity index (χ3v) is 3.05. The highest BCUT2D eigenvalue weighted by atomic mass is 32.1. The van der Waals surface area contributed by atoms with Crippen LogP contribution < -0.4 is 0 Å². The van der Waals surface area contributed by atoms with Gasteiger partial charge in [-0.05, 0) is 24.3 Å². The Labute approximate surface area is 111 Å². The van der Waals surface area contributed by atoms with Crippen LogP contribution in [0.5, 0.6) is 0 Å². The molecule has 5 heteroatoms. The molecule has 0 amide bonds. The van der Waals surface area contributed by atoms with E-state index in [1.807, 2.05) is 13.8 Å². The lowest BCUT2D eigenvalue weighted by atomic mass is 10.3. The molecule has 0 spiro atoms. The van der Waals surface area contributed by atoms with E-state index in [0.717, 1.165) is 12.8 Å². The predicted molar refractivity (Wildman–Crippen MR) is 69.4 cm³/mol. The molecule has 0 aliphatic heterocycles. The quantitative estimate of drug-likeness (QED) is 0.563. The molecular formula is C13H18O4S. The Morgan fingerprint density at radius 1 is 1.28 bits per heavy atom. The molecule has 0 saturated carbocycles. The highest BCUT2D eigenvalue weighted by Gasteiger charge is 2.19. The van der Waals surface area contributed by atoms with Crippen LogP contribution in [-0.4, -0.2) is 18.2 Å². The Hall–Kier alpha value is -1.36. The number of thiophene rings is 1. The lowest BCUT2D eigenvalue weighted by molar-refractivity contribution is -0.169. The molecule has 1 heterocycles. The first-order valence-electron chi connectivity index (χ1n) is 6.11. The van der Waals surface area contributed by atoms with Crippen LogP contribution in [0.4, 0.5) is 0 Å². The summed E-state index contributed by atoms with van der Waals surface area (Å²) in [5.74, 6) is -0.761. The molecule has 1 aromatic heterocycles. The van der Waals surface area contributed by atoms with Gasteiger partial charge in [0.1, 0.15) is 4.88 Å². The van der Waals surface area contributed by atoms with Crippen LogP contribution in [0.1, 0.15) is 49.2 Å².